The summed E-state index contributed by atoms with van der Waals surface area (Å²) in [4.78, 5) is 48.4. The van der Waals surface area contributed by atoms with Crippen molar-refractivity contribution >= 4 is 23.9 Å². The molecule has 1 radical (unpaired) electrons. The average Bonchev–Trinajstić information content (AvgIpc) is 3.31. The van der Waals surface area contributed by atoms with Gasteiger partial charge in [0.2, 0.25) is 0 Å². The molecule has 1 fully saturated rings. The molecule has 37 heavy (non-hydrogen) atoms. The Morgan fingerprint density at radius 3 is 1.57 bits per heavy atom. The predicted octanol–water partition coefficient (Wildman–Crippen LogP) is -0.324. The Hall–Kier alpha value is -4.05. The molecule has 10 nitrogen and oxygen atoms in total. The Balaban J connectivity index is 0.000000274. The van der Waals surface area contributed by atoms with Crippen molar-refractivity contribution in [3.05, 3.63) is 101 Å². The van der Waals surface area contributed by atoms with E-state index in [9.17, 15) is 29.4 Å². The van der Waals surface area contributed by atoms with Gasteiger partial charge in [0.05, 0.1) is 11.9 Å². The van der Waals surface area contributed by atoms with Crippen LogP contribution >= 0.6 is 0 Å². The smallest absolute Gasteiger partial charge is 0.561 e. The first-order valence-electron chi connectivity index (χ1n) is 10.9. The molecule has 197 valence electrons. The molecule has 2 heterocycles. The number of hydrogen-bond donors (Lipinski definition) is 0. The minimum Gasteiger partial charge on any atom is -0.561 e. The van der Waals surface area contributed by atoms with Crippen LogP contribution in [-0.2, 0) is 17.1 Å². The number of carboxylic acid groups (broad SMARTS) is 2. The quantitative estimate of drug-likeness (QED) is 0.302. The molecule has 1 saturated heterocycles. The van der Waals surface area contributed by atoms with Gasteiger partial charge in [0.15, 0.2) is 0 Å². The van der Waals surface area contributed by atoms with Gasteiger partial charge in [-0.3, -0.25) is 9.88 Å². The van der Waals surface area contributed by atoms with E-state index in [-0.39, 0.29) is 39.3 Å². The summed E-state index contributed by atoms with van der Waals surface area (Å²) in [6.07, 6.45) is 6.41. The number of carboxylic acids is 2. The fourth-order valence-corrected chi connectivity index (χ4v) is 3.62. The van der Waals surface area contributed by atoms with Crippen LogP contribution in [0.4, 0.5) is 0 Å². The van der Waals surface area contributed by atoms with E-state index in [2.05, 4.69) is 23.0 Å². The summed E-state index contributed by atoms with van der Waals surface area (Å²) in [7, 11) is 2.19. The minimum atomic E-state index is -1.44. The molecule has 1 aromatic heterocycles. The first kappa shape index (κ1) is 31.0. The molecule has 11 heteroatoms. The molecule has 2 aromatic carbocycles. The second-order valence-electron chi connectivity index (χ2n) is 7.75. The summed E-state index contributed by atoms with van der Waals surface area (Å²) in [6.45, 7) is 1.22. The van der Waals surface area contributed by atoms with E-state index in [1.54, 1.807) is 0 Å². The third-order valence-electron chi connectivity index (χ3n) is 5.37. The summed E-state index contributed by atoms with van der Waals surface area (Å²) in [5.41, 5.74) is 0.600. The number of hydrogen-bond acceptors (Lipinski definition) is 8. The van der Waals surface area contributed by atoms with E-state index in [0.717, 1.165) is 0 Å². The maximum atomic E-state index is 10.5. The van der Waals surface area contributed by atoms with Crippen molar-refractivity contribution in [1.29, 1.82) is 0 Å². The van der Waals surface area contributed by atoms with Gasteiger partial charge in [0, 0.05) is 39.2 Å². The van der Waals surface area contributed by atoms with Gasteiger partial charge < -0.3 is 30.0 Å². The molecular formula is C26H26CuN2O8+2. The molecule has 0 saturated carbocycles. The zero-order valence-electron chi connectivity index (χ0n) is 19.8. The number of carbonyl (C=O) groups is 4. The fourth-order valence-electron chi connectivity index (χ4n) is 3.62. The van der Waals surface area contributed by atoms with Crippen LogP contribution in [0.5, 0.6) is 0 Å². The number of aromatic carboxylic acids is 2. The molecule has 1 aliphatic heterocycles. The molecule has 1 aliphatic rings. The molecule has 0 amide bonds. The van der Waals surface area contributed by atoms with Gasteiger partial charge in [-0.05, 0) is 50.2 Å². The number of pyridine rings is 1. The van der Waals surface area contributed by atoms with Crippen molar-refractivity contribution in [1.82, 2.24) is 9.88 Å². The first-order valence-corrected chi connectivity index (χ1v) is 10.9. The van der Waals surface area contributed by atoms with Crippen molar-refractivity contribution in [2.75, 3.05) is 13.6 Å². The molecule has 1 unspecified atom stereocenters. The molecule has 4 N–H and O–H groups in total. The maximum Gasteiger partial charge on any atom is 2.00 e. The van der Waals surface area contributed by atoms with Gasteiger partial charge in [-0.25, -0.2) is 0 Å². The van der Waals surface area contributed by atoms with Crippen LogP contribution in [0.2, 0.25) is 0 Å². The summed E-state index contributed by atoms with van der Waals surface area (Å²) in [6, 6.07) is 15.7. The van der Waals surface area contributed by atoms with Crippen LogP contribution in [0.1, 0.15) is 65.9 Å². The van der Waals surface area contributed by atoms with Crippen LogP contribution in [0, 0.1) is 0 Å². The number of aromatic nitrogens is 1. The molecule has 3 aromatic rings. The molecule has 1 atom stereocenters. The second-order valence-corrected chi connectivity index (χ2v) is 7.75. The largest absolute Gasteiger partial charge is 2.00 e. The Morgan fingerprint density at radius 2 is 1.27 bits per heavy atom. The first-order chi connectivity index (χ1) is 17.1. The Labute approximate surface area is 223 Å². The van der Waals surface area contributed by atoms with Gasteiger partial charge in [0.1, 0.15) is 11.1 Å². The predicted molar refractivity (Wildman–Crippen MR) is 126 cm³/mol. The van der Waals surface area contributed by atoms with Crippen LogP contribution < -0.4 is 10.2 Å². The van der Waals surface area contributed by atoms with Crippen molar-refractivity contribution in [2.24, 2.45) is 0 Å². The third-order valence-corrected chi connectivity index (χ3v) is 5.37. The van der Waals surface area contributed by atoms with Gasteiger partial charge in [-0.2, -0.15) is 0 Å². The van der Waals surface area contributed by atoms with E-state index in [0.29, 0.717) is 6.04 Å². The van der Waals surface area contributed by atoms with Crippen molar-refractivity contribution in [2.45, 2.75) is 18.9 Å². The zero-order chi connectivity index (χ0) is 26.7. The summed E-state index contributed by atoms with van der Waals surface area (Å²) >= 11 is 0. The Morgan fingerprint density at radius 1 is 0.811 bits per heavy atom. The second kappa shape index (κ2) is 15.1. The summed E-state index contributed by atoms with van der Waals surface area (Å²) in [5.74, 6) is -4.91. The van der Waals surface area contributed by atoms with Crippen LogP contribution in [0.15, 0.2) is 73.1 Å². The number of nitrogens with zero attached hydrogens (tertiary/aromatic N) is 2. The SMILES string of the molecule is CN1CCCC1c1cccnc1.O=C([O-])c1ccccc1C(=O)[OH2+].O=C([O-])c1ccccc1C(=O)[OH2+].[Cu+2]. The van der Waals surface area contributed by atoms with Crippen molar-refractivity contribution in [3.63, 3.8) is 0 Å². The monoisotopic (exact) mass is 557 g/mol. The fraction of sp³-hybridized carbons (Fsp3) is 0.192. The van der Waals surface area contributed by atoms with Crippen LogP contribution in [0.25, 0.3) is 0 Å². The van der Waals surface area contributed by atoms with E-state index in [1.165, 1.54) is 73.5 Å². The van der Waals surface area contributed by atoms with E-state index in [1.807, 2.05) is 18.5 Å². The molecular weight excluding hydrogens is 532 g/mol. The number of rotatable bonds is 5. The normalized spacial score (nSPS) is 14.0. The summed E-state index contributed by atoms with van der Waals surface area (Å²) < 4.78 is 0. The Bertz CT molecular complexity index is 1090. The third kappa shape index (κ3) is 9.15. The topological polar surface area (TPSA) is 176 Å². The average molecular weight is 558 g/mol. The molecule has 4 rings (SSSR count). The summed E-state index contributed by atoms with van der Waals surface area (Å²) in [5, 5.41) is 34.2. The van der Waals surface area contributed by atoms with E-state index >= 15 is 0 Å². The Kier molecular flexibility index (Phi) is 12.7. The van der Waals surface area contributed by atoms with Gasteiger partial charge >= 0.3 is 29.0 Å². The number of benzene rings is 2. The van der Waals surface area contributed by atoms with Crippen molar-refractivity contribution in [3.8, 4) is 0 Å². The molecule has 0 spiro atoms. The maximum absolute atomic E-state index is 10.5. The molecule has 0 bridgehead atoms. The van der Waals surface area contributed by atoms with Gasteiger partial charge in [-0.1, -0.05) is 42.5 Å². The molecule has 0 aliphatic carbocycles. The van der Waals surface area contributed by atoms with Gasteiger partial charge in [0.25, 0.3) is 0 Å². The number of carbonyl (C=O) groups excluding carboxylic acids is 4. The zero-order valence-corrected chi connectivity index (χ0v) is 20.7. The standard InChI is InChI=1S/C10H14N2.2C8H6O4.Cu/c1-12-7-3-5-10(12)9-4-2-6-11-8-9;2*9-7(10)5-3-1-2-4-6(5)8(11)12;/h2,4,6,8,10H,3,5,7H2,1H3;2*1-4H,(H,9,10)(H,11,12);/q;;;+2. The van der Waals surface area contributed by atoms with E-state index < -0.39 is 23.9 Å². The van der Waals surface area contributed by atoms with Crippen molar-refractivity contribution < 1.29 is 56.7 Å². The van der Waals surface area contributed by atoms with Crippen LogP contribution in [-0.4, -0.2) is 57.6 Å². The minimum absolute atomic E-state index is 0. The number of likely N-dealkylation sites (tertiary alicyclic amines) is 1. The van der Waals surface area contributed by atoms with Crippen LogP contribution in [0.3, 0.4) is 0 Å². The van der Waals surface area contributed by atoms with E-state index in [4.69, 9.17) is 10.2 Å². The van der Waals surface area contributed by atoms with Gasteiger partial charge in [-0.15, -0.1) is 0 Å².